The van der Waals surface area contributed by atoms with Gasteiger partial charge in [-0.2, -0.15) is 0 Å². The van der Waals surface area contributed by atoms with Crippen LogP contribution in [0.25, 0.3) is 0 Å². The molecule has 0 aromatic rings. The molecule has 2 aliphatic carbocycles. The second-order valence-corrected chi connectivity index (χ2v) is 6.56. The molecule has 0 radical (unpaired) electrons. The highest BCUT2D eigenvalue weighted by Gasteiger charge is 2.38. The SMILES string of the molecule is CC(NCC1CCN(C)C1)C1CC2C=CC1C2. The second-order valence-electron chi connectivity index (χ2n) is 6.56. The van der Waals surface area contributed by atoms with Crippen molar-refractivity contribution in [2.75, 3.05) is 26.7 Å². The first-order valence-corrected chi connectivity index (χ1v) is 7.32. The van der Waals surface area contributed by atoms with Crippen molar-refractivity contribution < 1.29 is 0 Å². The Bertz CT molecular complexity index is 299. The molecule has 2 heteroatoms. The van der Waals surface area contributed by atoms with E-state index in [1.807, 2.05) is 0 Å². The van der Waals surface area contributed by atoms with Crippen LogP contribution >= 0.6 is 0 Å². The van der Waals surface area contributed by atoms with Crippen LogP contribution in [0.15, 0.2) is 12.2 Å². The first-order chi connectivity index (χ1) is 8.22. The van der Waals surface area contributed by atoms with Gasteiger partial charge in [0.15, 0.2) is 0 Å². The number of rotatable bonds is 4. The highest BCUT2D eigenvalue weighted by molar-refractivity contribution is 5.11. The summed E-state index contributed by atoms with van der Waals surface area (Å²) in [4.78, 5) is 2.46. The van der Waals surface area contributed by atoms with Crippen LogP contribution in [0.2, 0.25) is 0 Å². The molecular weight excluding hydrogens is 208 g/mol. The smallest absolute Gasteiger partial charge is 0.00729 e. The minimum atomic E-state index is 0.709. The third kappa shape index (κ3) is 2.43. The summed E-state index contributed by atoms with van der Waals surface area (Å²) in [5.41, 5.74) is 0. The molecule has 0 aromatic carbocycles. The fraction of sp³-hybridized carbons (Fsp3) is 0.867. The molecule has 2 fully saturated rings. The molecule has 1 N–H and O–H groups in total. The lowest BCUT2D eigenvalue weighted by molar-refractivity contribution is 0.307. The first kappa shape index (κ1) is 11.7. The van der Waals surface area contributed by atoms with Gasteiger partial charge in [0, 0.05) is 12.6 Å². The molecule has 5 atom stereocenters. The highest BCUT2D eigenvalue weighted by Crippen LogP contribution is 2.44. The molecule has 2 nitrogen and oxygen atoms in total. The van der Waals surface area contributed by atoms with Crippen molar-refractivity contribution in [1.29, 1.82) is 0 Å². The third-order valence-corrected chi connectivity index (χ3v) is 5.19. The summed E-state index contributed by atoms with van der Waals surface area (Å²) >= 11 is 0. The van der Waals surface area contributed by atoms with E-state index in [4.69, 9.17) is 0 Å². The van der Waals surface area contributed by atoms with Gasteiger partial charge in [-0.15, -0.1) is 0 Å². The summed E-state index contributed by atoms with van der Waals surface area (Å²) in [6.45, 7) is 6.20. The molecular formula is C15H26N2. The summed E-state index contributed by atoms with van der Waals surface area (Å²) in [6.07, 6.45) is 9.16. The monoisotopic (exact) mass is 234 g/mol. The van der Waals surface area contributed by atoms with Crippen LogP contribution in [-0.4, -0.2) is 37.6 Å². The van der Waals surface area contributed by atoms with Gasteiger partial charge in [-0.1, -0.05) is 12.2 Å². The Morgan fingerprint density at radius 1 is 1.35 bits per heavy atom. The third-order valence-electron chi connectivity index (χ3n) is 5.19. The van der Waals surface area contributed by atoms with Crippen LogP contribution in [0.1, 0.15) is 26.2 Å². The van der Waals surface area contributed by atoms with Gasteiger partial charge in [0.2, 0.25) is 0 Å². The van der Waals surface area contributed by atoms with Gasteiger partial charge in [-0.05, 0) is 70.0 Å². The Hall–Kier alpha value is -0.340. The fourth-order valence-electron chi connectivity index (χ4n) is 4.10. The minimum Gasteiger partial charge on any atom is -0.314 e. The Morgan fingerprint density at radius 2 is 2.24 bits per heavy atom. The van der Waals surface area contributed by atoms with Crippen molar-refractivity contribution in [1.82, 2.24) is 10.2 Å². The minimum absolute atomic E-state index is 0.709. The number of nitrogens with zero attached hydrogens (tertiary/aromatic N) is 1. The van der Waals surface area contributed by atoms with Gasteiger partial charge in [0.1, 0.15) is 0 Å². The van der Waals surface area contributed by atoms with Crippen LogP contribution in [0, 0.1) is 23.7 Å². The zero-order valence-electron chi connectivity index (χ0n) is 11.2. The lowest BCUT2D eigenvalue weighted by Gasteiger charge is -2.27. The van der Waals surface area contributed by atoms with E-state index in [0.717, 1.165) is 23.7 Å². The van der Waals surface area contributed by atoms with Gasteiger partial charge in [-0.3, -0.25) is 0 Å². The predicted octanol–water partition coefficient (Wildman–Crippen LogP) is 2.13. The number of fused-ring (bicyclic) bond motifs is 2. The van der Waals surface area contributed by atoms with E-state index in [0.29, 0.717) is 6.04 Å². The van der Waals surface area contributed by atoms with Crippen molar-refractivity contribution in [3.63, 3.8) is 0 Å². The number of hydrogen-bond donors (Lipinski definition) is 1. The molecule has 0 aromatic heterocycles. The average Bonchev–Trinajstić information content (AvgIpc) is 3.01. The summed E-state index contributed by atoms with van der Waals surface area (Å²) in [6, 6.07) is 0.709. The zero-order chi connectivity index (χ0) is 11.8. The summed E-state index contributed by atoms with van der Waals surface area (Å²) < 4.78 is 0. The maximum absolute atomic E-state index is 3.81. The molecule has 96 valence electrons. The van der Waals surface area contributed by atoms with E-state index in [9.17, 15) is 0 Å². The van der Waals surface area contributed by atoms with Crippen LogP contribution in [0.3, 0.4) is 0 Å². The maximum atomic E-state index is 3.81. The van der Waals surface area contributed by atoms with Crippen molar-refractivity contribution >= 4 is 0 Å². The van der Waals surface area contributed by atoms with Gasteiger partial charge < -0.3 is 10.2 Å². The van der Waals surface area contributed by atoms with Crippen molar-refractivity contribution in [3.8, 4) is 0 Å². The first-order valence-electron chi connectivity index (χ1n) is 7.32. The van der Waals surface area contributed by atoms with Gasteiger partial charge in [0.25, 0.3) is 0 Å². The number of likely N-dealkylation sites (tertiary alicyclic amines) is 1. The molecule has 0 spiro atoms. The second kappa shape index (κ2) is 4.74. The van der Waals surface area contributed by atoms with E-state index in [2.05, 4.69) is 36.3 Å². The van der Waals surface area contributed by atoms with Crippen molar-refractivity contribution in [2.24, 2.45) is 23.7 Å². The molecule has 0 amide bonds. The van der Waals surface area contributed by atoms with E-state index in [-0.39, 0.29) is 0 Å². The Labute approximate surface area is 105 Å². The topological polar surface area (TPSA) is 15.3 Å². The number of hydrogen-bond acceptors (Lipinski definition) is 2. The zero-order valence-corrected chi connectivity index (χ0v) is 11.2. The Morgan fingerprint density at radius 3 is 2.82 bits per heavy atom. The molecule has 1 saturated carbocycles. The molecule has 1 aliphatic heterocycles. The van der Waals surface area contributed by atoms with Crippen LogP contribution in [-0.2, 0) is 0 Å². The summed E-state index contributed by atoms with van der Waals surface area (Å²) in [7, 11) is 2.24. The lowest BCUT2D eigenvalue weighted by Crippen LogP contribution is -2.38. The Balaban J connectivity index is 1.44. The normalized spacial score (nSPS) is 42.5. The molecule has 17 heavy (non-hydrogen) atoms. The van der Waals surface area contributed by atoms with Gasteiger partial charge in [-0.25, -0.2) is 0 Å². The van der Waals surface area contributed by atoms with Crippen molar-refractivity contribution in [2.45, 2.75) is 32.2 Å². The molecule has 3 rings (SSSR count). The van der Waals surface area contributed by atoms with Crippen molar-refractivity contribution in [3.05, 3.63) is 12.2 Å². The largest absolute Gasteiger partial charge is 0.314 e. The molecule has 1 heterocycles. The van der Waals surface area contributed by atoms with Crippen LogP contribution in [0.5, 0.6) is 0 Å². The molecule has 2 bridgehead atoms. The van der Waals surface area contributed by atoms with E-state index in [1.165, 1.54) is 38.9 Å². The fourth-order valence-corrected chi connectivity index (χ4v) is 4.10. The molecule has 3 aliphatic rings. The average molecular weight is 234 g/mol. The van der Waals surface area contributed by atoms with Crippen LogP contribution in [0.4, 0.5) is 0 Å². The van der Waals surface area contributed by atoms with E-state index < -0.39 is 0 Å². The number of allylic oxidation sites excluding steroid dienone is 2. The quantitative estimate of drug-likeness (QED) is 0.750. The van der Waals surface area contributed by atoms with E-state index >= 15 is 0 Å². The molecule has 1 saturated heterocycles. The molecule has 5 unspecified atom stereocenters. The van der Waals surface area contributed by atoms with Gasteiger partial charge in [0.05, 0.1) is 0 Å². The summed E-state index contributed by atoms with van der Waals surface area (Å²) in [5, 5.41) is 3.81. The predicted molar refractivity (Wildman–Crippen MR) is 71.9 cm³/mol. The standard InChI is InChI=1S/C15H26N2/c1-11(15-8-12-3-4-14(15)7-12)16-9-13-5-6-17(2)10-13/h3-4,11-16H,5-10H2,1-2H3. The lowest BCUT2D eigenvalue weighted by atomic mass is 9.87. The Kier molecular flexibility index (Phi) is 3.27. The summed E-state index contributed by atoms with van der Waals surface area (Å²) in [5.74, 6) is 3.58. The van der Waals surface area contributed by atoms with E-state index in [1.54, 1.807) is 0 Å². The maximum Gasteiger partial charge on any atom is 0.00729 e. The van der Waals surface area contributed by atoms with Crippen LogP contribution < -0.4 is 5.32 Å². The number of nitrogens with one attached hydrogen (secondary N) is 1. The van der Waals surface area contributed by atoms with Gasteiger partial charge >= 0.3 is 0 Å². The highest BCUT2D eigenvalue weighted by atomic mass is 15.1.